The van der Waals surface area contributed by atoms with Crippen molar-refractivity contribution in [2.24, 2.45) is 0 Å². The van der Waals surface area contributed by atoms with E-state index < -0.39 is 6.04 Å². The van der Waals surface area contributed by atoms with Gasteiger partial charge in [0, 0.05) is 30.4 Å². The number of nitriles is 1. The molecule has 130 valence electrons. The van der Waals surface area contributed by atoms with Crippen molar-refractivity contribution in [1.29, 1.82) is 5.26 Å². The fourth-order valence-corrected chi connectivity index (χ4v) is 2.63. The van der Waals surface area contributed by atoms with E-state index in [0.717, 1.165) is 18.7 Å². The van der Waals surface area contributed by atoms with Gasteiger partial charge in [-0.3, -0.25) is 4.79 Å². The highest BCUT2D eigenvalue weighted by Crippen LogP contribution is 2.24. The molecule has 1 N–H and O–H groups in total. The van der Waals surface area contributed by atoms with Gasteiger partial charge in [-0.1, -0.05) is 25.1 Å². The molecule has 0 aliphatic rings. The van der Waals surface area contributed by atoms with Crippen molar-refractivity contribution < 1.29 is 9.53 Å². The minimum Gasteiger partial charge on any atom is -0.496 e. The summed E-state index contributed by atoms with van der Waals surface area (Å²) >= 11 is 0. The molecule has 1 atom stereocenters. The van der Waals surface area contributed by atoms with E-state index in [9.17, 15) is 10.1 Å². The van der Waals surface area contributed by atoms with Gasteiger partial charge < -0.3 is 15.0 Å². The second-order valence-corrected chi connectivity index (χ2v) is 5.75. The number of amides is 1. The zero-order valence-electron chi connectivity index (χ0n) is 14.8. The number of anilines is 1. The predicted molar refractivity (Wildman–Crippen MR) is 98.8 cm³/mol. The standard InChI is InChI=1S/C20H23N3O2/c1-4-13-23(2)16-11-9-15(10-12-16)20(24)22-18(14-21)17-7-5-6-8-19(17)25-3/h5-12,18H,4,13H2,1-3H3,(H,22,24). The lowest BCUT2D eigenvalue weighted by atomic mass is 10.1. The van der Waals surface area contributed by atoms with Crippen LogP contribution in [0, 0.1) is 11.3 Å². The van der Waals surface area contributed by atoms with Crippen molar-refractivity contribution in [3.05, 3.63) is 59.7 Å². The van der Waals surface area contributed by atoms with Crippen LogP contribution >= 0.6 is 0 Å². The first-order chi connectivity index (χ1) is 12.1. The number of nitrogens with zero attached hydrogens (tertiary/aromatic N) is 2. The molecule has 1 amide bonds. The lowest BCUT2D eigenvalue weighted by molar-refractivity contribution is 0.0945. The third-order valence-corrected chi connectivity index (χ3v) is 3.98. The first-order valence-electron chi connectivity index (χ1n) is 8.25. The van der Waals surface area contributed by atoms with Gasteiger partial charge in [0.25, 0.3) is 5.91 Å². The molecule has 0 fully saturated rings. The van der Waals surface area contributed by atoms with Gasteiger partial charge in [0.1, 0.15) is 11.8 Å². The maximum Gasteiger partial charge on any atom is 0.252 e. The Kier molecular flexibility index (Phi) is 6.41. The Labute approximate surface area is 148 Å². The Hall–Kier alpha value is -3.00. The van der Waals surface area contributed by atoms with E-state index in [4.69, 9.17) is 4.74 Å². The molecule has 0 heterocycles. The van der Waals surface area contributed by atoms with Crippen LogP contribution in [0.3, 0.4) is 0 Å². The van der Waals surface area contributed by atoms with Crippen LogP contribution in [0.15, 0.2) is 48.5 Å². The Balaban J connectivity index is 2.13. The predicted octanol–water partition coefficient (Wildman–Crippen LogP) is 3.54. The summed E-state index contributed by atoms with van der Waals surface area (Å²) in [5.74, 6) is 0.285. The van der Waals surface area contributed by atoms with E-state index in [2.05, 4.69) is 23.2 Å². The highest BCUT2D eigenvalue weighted by molar-refractivity contribution is 5.95. The van der Waals surface area contributed by atoms with Crippen molar-refractivity contribution in [2.75, 3.05) is 25.6 Å². The van der Waals surface area contributed by atoms with Crippen LogP contribution in [0.2, 0.25) is 0 Å². The van der Waals surface area contributed by atoms with Gasteiger partial charge in [0.15, 0.2) is 0 Å². The van der Waals surface area contributed by atoms with Gasteiger partial charge in [-0.2, -0.15) is 5.26 Å². The normalized spacial score (nSPS) is 11.3. The van der Waals surface area contributed by atoms with E-state index in [1.165, 1.54) is 0 Å². The average molecular weight is 337 g/mol. The van der Waals surface area contributed by atoms with Gasteiger partial charge in [0.2, 0.25) is 0 Å². The van der Waals surface area contributed by atoms with Crippen molar-refractivity contribution in [3.8, 4) is 11.8 Å². The van der Waals surface area contributed by atoms with Crippen LogP contribution in [-0.4, -0.2) is 26.6 Å². The van der Waals surface area contributed by atoms with Gasteiger partial charge in [-0.05, 0) is 36.8 Å². The summed E-state index contributed by atoms with van der Waals surface area (Å²) < 4.78 is 5.27. The number of para-hydroxylation sites is 1. The number of hydrogen-bond acceptors (Lipinski definition) is 4. The molecule has 2 rings (SSSR count). The first kappa shape index (κ1) is 18.3. The number of methoxy groups -OCH3 is 1. The lowest BCUT2D eigenvalue weighted by Crippen LogP contribution is -2.28. The van der Waals surface area contributed by atoms with E-state index in [0.29, 0.717) is 16.9 Å². The average Bonchev–Trinajstić information content (AvgIpc) is 2.66. The van der Waals surface area contributed by atoms with Crippen molar-refractivity contribution in [2.45, 2.75) is 19.4 Å². The third kappa shape index (κ3) is 4.51. The maximum atomic E-state index is 12.5. The van der Waals surface area contributed by atoms with E-state index in [1.54, 1.807) is 31.4 Å². The summed E-state index contributed by atoms with van der Waals surface area (Å²) in [5.41, 5.74) is 2.21. The van der Waals surface area contributed by atoms with Crippen LogP contribution in [0.5, 0.6) is 5.75 Å². The van der Waals surface area contributed by atoms with Gasteiger partial charge in [0.05, 0.1) is 13.2 Å². The molecule has 0 bridgehead atoms. The monoisotopic (exact) mass is 337 g/mol. The molecule has 2 aromatic carbocycles. The van der Waals surface area contributed by atoms with Crippen LogP contribution < -0.4 is 15.0 Å². The SMILES string of the molecule is CCCN(C)c1ccc(C(=O)NC(C#N)c2ccccc2OC)cc1. The molecule has 0 radical (unpaired) electrons. The maximum absolute atomic E-state index is 12.5. The van der Waals surface area contributed by atoms with Crippen molar-refractivity contribution in [3.63, 3.8) is 0 Å². The van der Waals surface area contributed by atoms with Crippen LogP contribution in [-0.2, 0) is 0 Å². The fourth-order valence-electron chi connectivity index (χ4n) is 2.63. The van der Waals surface area contributed by atoms with Gasteiger partial charge in [-0.15, -0.1) is 0 Å². The van der Waals surface area contributed by atoms with Crippen molar-refractivity contribution in [1.82, 2.24) is 5.32 Å². The minimum absolute atomic E-state index is 0.290. The zero-order valence-corrected chi connectivity index (χ0v) is 14.8. The number of nitrogens with one attached hydrogen (secondary N) is 1. The zero-order chi connectivity index (χ0) is 18.2. The molecule has 0 aromatic heterocycles. The van der Waals surface area contributed by atoms with Gasteiger partial charge in [-0.25, -0.2) is 0 Å². The smallest absolute Gasteiger partial charge is 0.252 e. The Morgan fingerprint density at radius 1 is 1.24 bits per heavy atom. The molecule has 0 saturated heterocycles. The molecule has 25 heavy (non-hydrogen) atoms. The number of hydrogen-bond donors (Lipinski definition) is 1. The molecular weight excluding hydrogens is 314 g/mol. The molecule has 2 aromatic rings. The summed E-state index contributed by atoms with van der Waals surface area (Å²) in [5, 5.41) is 12.2. The first-order valence-corrected chi connectivity index (χ1v) is 8.25. The summed E-state index contributed by atoms with van der Waals surface area (Å²) in [7, 11) is 3.56. The van der Waals surface area contributed by atoms with Crippen LogP contribution in [0.25, 0.3) is 0 Å². The summed E-state index contributed by atoms with van der Waals surface area (Å²) in [4.78, 5) is 14.6. The van der Waals surface area contributed by atoms with E-state index in [1.807, 2.05) is 31.3 Å². The molecule has 0 saturated carbocycles. The van der Waals surface area contributed by atoms with Crippen LogP contribution in [0.4, 0.5) is 5.69 Å². The molecule has 0 aliphatic carbocycles. The fraction of sp³-hybridized carbons (Fsp3) is 0.300. The summed E-state index contributed by atoms with van der Waals surface area (Å²) in [6.07, 6.45) is 1.06. The van der Waals surface area contributed by atoms with Crippen molar-refractivity contribution >= 4 is 11.6 Å². The van der Waals surface area contributed by atoms with E-state index in [-0.39, 0.29) is 5.91 Å². The minimum atomic E-state index is -0.772. The number of carbonyl (C=O) groups is 1. The topological polar surface area (TPSA) is 65.4 Å². The summed E-state index contributed by atoms with van der Waals surface area (Å²) in [6.45, 7) is 3.08. The Morgan fingerprint density at radius 2 is 1.92 bits per heavy atom. The molecule has 0 aliphatic heterocycles. The molecule has 0 spiro atoms. The second-order valence-electron chi connectivity index (χ2n) is 5.75. The van der Waals surface area contributed by atoms with Crippen LogP contribution in [0.1, 0.15) is 35.3 Å². The largest absolute Gasteiger partial charge is 0.496 e. The number of rotatable bonds is 7. The summed E-state index contributed by atoms with van der Waals surface area (Å²) in [6, 6.07) is 15.9. The highest BCUT2D eigenvalue weighted by Gasteiger charge is 2.18. The molecule has 5 heteroatoms. The number of benzene rings is 2. The highest BCUT2D eigenvalue weighted by atomic mass is 16.5. The Morgan fingerprint density at radius 3 is 2.52 bits per heavy atom. The molecule has 1 unspecified atom stereocenters. The van der Waals surface area contributed by atoms with Gasteiger partial charge >= 0.3 is 0 Å². The molecule has 5 nitrogen and oxygen atoms in total. The van der Waals surface area contributed by atoms with E-state index >= 15 is 0 Å². The number of carbonyl (C=O) groups excluding carboxylic acids is 1. The Bertz CT molecular complexity index is 750. The lowest BCUT2D eigenvalue weighted by Gasteiger charge is -2.19. The second kappa shape index (κ2) is 8.74. The third-order valence-electron chi connectivity index (χ3n) is 3.98. The quantitative estimate of drug-likeness (QED) is 0.839. The number of ether oxygens (including phenoxy) is 1. The molecular formula is C20H23N3O2.